The van der Waals surface area contributed by atoms with E-state index in [0.29, 0.717) is 31.0 Å². The van der Waals surface area contributed by atoms with Gasteiger partial charge >= 0.3 is 6.18 Å². The SMILES string of the molecule is COc1cc(Cl)ccc1C(=O)NNC(=O)C1CCN(c2ncc(C(F)(F)F)cc2Cl)CC1. The number of hydrazine groups is 1. The van der Waals surface area contributed by atoms with Crippen LogP contribution < -0.4 is 20.5 Å². The van der Waals surface area contributed by atoms with E-state index in [1.165, 1.54) is 25.3 Å². The van der Waals surface area contributed by atoms with Gasteiger partial charge in [0.1, 0.15) is 11.6 Å². The molecule has 32 heavy (non-hydrogen) atoms. The number of amides is 2. The molecule has 2 aromatic rings. The van der Waals surface area contributed by atoms with Crippen LogP contribution in [0.1, 0.15) is 28.8 Å². The maximum absolute atomic E-state index is 12.8. The van der Waals surface area contributed by atoms with Gasteiger partial charge in [0.25, 0.3) is 5.91 Å². The molecule has 0 spiro atoms. The largest absolute Gasteiger partial charge is 0.496 e. The van der Waals surface area contributed by atoms with E-state index < -0.39 is 23.6 Å². The molecule has 12 heteroatoms. The molecule has 0 bridgehead atoms. The highest BCUT2D eigenvalue weighted by Crippen LogP contribution is 2.34. The van der Waals surface area contributed by atoms with Gasteiger partial charge in [0.2, 0.25) is 5.91 Å². The van der Waals surface area contributed by atoms with Gasteiger partial charge in [-0.15, -0.1) is 0 Å². The Balaban J connectivity index is 1.54. The molecule has 2 N–H and O–H groups in total. The summed E-state index contributed by atoms with van der Waals surface area (Å²) in [5.74, 6) is -0.838. The van der Waals surface area contributed by atoms with Crippen molar-refractivity contribution in [3.63, 3.8) is 0 Å². The van der Waals surface area contributed by atoms with E-state index >= 15 is 0 Å². The van der Waals surface area contributed by atoms with Crippen LogP contribution in [0.25, 0.3) is 0 Å². The van der Waals surface area contributed by atoms with Gasteiger partial charge in [-0.1, -0.05) is 23.2 Å². The van der Waals surface area contributed by atoms with Crippen molar-refractivity contribution in [3.05, 3.63) is 51.6 Å². The van der Waals surface area contributed by atoms with E-state index in [9.17, 15) is 22.8 Å². The summed E-state index contributed by atoms with van der Waals surface area (Å²) in [6.07, 6.45) is -2.97. The Morgan fingerprint density at radius 2 is 1.84 bits per heavy atom. The Kier molecular flexibility index (Phi) is 7.35. The summed E-state index contributed by atoms with van der Waals surface area (Å²) >= 11 is 11.9. The van der Waals surface area contributed by atoms with Crippen LogP contribution in [0.5, 0.6) is 5.75 Å². The summed E-state index contributed by atoms with van der Waals surface area (Å²) < 4.78 is 43.5. The molecule has 1 aliphatic rings. The summed E-state index contributed by atoms with van der Waals surface area (Å²) in [5.41, 5.74) is 4.02. The van der Waals surface area contributed by atoms with Crippen LogP contribution >= 0.6 is 23.2 Å². The summed E-state index contributed by atoms with van der Waals surface area (Å²) in [7, 11) is 1.40. The van der Waals surface area contributed by atoms with Crippen LogP contribution in [0.2, 0.25) is 10.0 Å². The predicted molar refractivity (Wildman–Crippen MR) is 113 cm³/mol. The lowest BCUT2D eigenvalue weighted by Gasteiger charge is -2.32. The minimum atomic E-state index is -4.53. The first-order valence-electron chi connectivity index (χ1n) is 9.51. The van der Waals surface area contributed by atoms with Gasteiger partial charge < -0.3 is 9.64 Å². The Bertz CT molecular complexity index is 1010. The van der Waals surface area contributed by atoms with Crippen molar-refractivity contribution < 1.29 is 27.5 Å². The van der Waals surface area contributed by atoms with Crippen molar-refractivity contribution in [2.45, 2.75) is 19.0 Å². The minimum Gasteiger partial charge on any atom is -0.496 e. The van der Waals surface area contributed by atoms with E-state index in [4.69, 9.17) is 27.9 Å². The zero-order valence-corrected chi connectivity index (χ0v) is 18.3. The predicted octanol–water partition coefficient (Wildman–Crippen LogP) is 4.09. The zero-order valence-electron chi connectivity index (χ0n) is 16.8. The molecule has 0 radical (unpaired) electrons. The van der Waals surface area contributed by atoms with Crippen LogP contribution in [-0.4, -0.2) is 37.0 Å². The van der Waals surface area contributed by atoms with Gasteiger partial charge in [0.15, 0.2) is 0 Å². The molecule has 0 aliphatic carbocycles. The lowest BCUT2D eigenvalue weighted by Crippen LogP contribution is -2.47. The third kappa shape index (κ3) is 5.55. The first-order chi connectivity index (χ1) is 15.1. The number of hydrogen-bond acceptors (Lipinski definition) is 5. The average Bonchev–Trinajstić information content (AvgIpc) is 2.76. The van der Waals surface area contributed by atoms with E-state index in [1.54, 1.807) is 4.90 Å². The van der Waals surface area contributed by atoms with Crippen LogP contribution in [0.15, 0.2) is 30.5 Å². The van der Waals surface area contributed by atoms with Crippen LogP contribution in [0, 0.1) is 5.92 Å². The number of methoxy groups -OCH3 is 1. The lowest BCUT2D eigenvalue weighted by molar-refractivity contribution is -0.137. The smallest absolute Gasteiger partial charge is 0.417 e. The molecule has 1 aromatic heterocycles. The molecule has 172 valence electrons. The molecule has 0 atom stereocenters. The molecule has 2 heterocycles. The number of ether oxygens (including phenoxy) is 1. The number of nitrogens with one attached hydrogen (secondary N) is 2. The topological polar surface area (TPSA) is 83.6 Å². The average molecular weight is 491 g/mol. The number of carbonyl (C=O) groups excluding carboxylic acids is 2. The van der Waals surface area contributed by atoms with Gasteiger partial charge in [0.05, 0.1) is 23.3 Å². The van der Waals surface area contributed by atoms with E-state index in [-0.39, 0.29) is 28.1 Å². The molecule has 0 saturated carbocycles. The number of alkyl halides is 3. The van der Waals surface area contributed by atoms with Gasteiger partial charge in [-0.3, -0.25) is 20.4 Å². The molecule has 1 aromatic carbocycles. The standard InChI is InChI=1S/C20H19Cl2F3N4O3/c1-32-16-9-13(21)2-3-14(16)19(31)28-27-18(30)11-4-6-29(7-5-11)17-15(22)8-12(10-26-17)20(23,24)25/h2-3,8-11H,4-7H2,1H3,(H,27,30)(H,28,31). The van der Waals surface area contributed by atoms with Gasteiger partial charge in [0, 0.05) is 30.2 Å². The summed E-state index contributed by atoms with van der Waals surface area (Å²) in [5, 5.41) is 0.295. The maximum atomic E-state index is 12.8. The third-order valence-electron chi connectivity index (χ3n) is 5.02. The molecule has 7 nitrogen and oxygen atoms in total. The minimum absolute atomic E-state index is 0.105. The monoisotopic (exact) mass is 490 g/mol. The summed E-state index contributed by atoms with van der Waals surface area (Å²) in [6.45, 7) is 0.740. The Morgan fingerprint density at radius 1 is 1.16 bits per heavy atom. The highest BCUT2D eigenvalue weighted by Gasteiger charge is 2.33. The zero-order chi connectivity index (χ0) is 23.5. The first kappa shape index (κ1) is 23.9. The fourth-order valence-electron chi connectivity index (χ4n) is 3.31. The highest BCUT2D eigenvalue weighted by molar-refractivity contribution is 6.33. The Morgan fingerprint density at radius 3 is 2.44 bits per heavy atom. The molecular formula is C20H19Cl2F3N4O3. The van der Waals surface area contributed by atoms with Crippen LogP contribution in [-0.2, 0) is 11.0 Å². The van der Waals surface area contributed by atoms with Crippen molar-refractivity contribution >= 4 is 40.8 Å². The molecule has 3 rings (SSSR count). The van der Waals surface area contributed by atoms with Crippen LogP contribution in [0.3, 0.4) is 0 Å². The number of pyridine rings is 1. The number of piperidine rings is 1. The fraction of sp³-hybridized carbons (Fsp3) is 0.350. The quantitative estimate of drug-likeness (QED) is 0.630. The van der Waals surface area contributed by atoms with E-state index in [1.807, 2.05) is 0 Å². The number of aromatic nitrogens is 1. The first-order valence-corrected chi connectivity index (χ1v) is 10.3. The number of anilines is 1. The van der Waals surface area contributed by atoms with Gasteiger partial charge in [-0.05, 0) is 37.1 Å². The van der Waals surface area contributed by atoms with Crippen molar-refractivity contribution in [1.29, 1.82) is 0 Å². The second kappa shape index (κ2) is 9.83. The number of benzene rings is 1. The summed E-state index contributed by atoms with van der Waals surface area (Å²) in [4.78, 5) is 30.4. The maximum Gasteiger partial charge on any atom is 0.417 e. The van der Waals surface area contributed by atoms with E-state index in [2.05, 4.69) is 15.8 Å². The van der Waals surface area contributed by atoms with Gasteiger partial charge in [-0.2, -0.15) is 13.2 Å². The lowest BCUT2D eigenvalue weighted by atomic mass is 9.96. The second-order valence-electron chi connectivity index (χ2n) is 7.08. The van der Waals surface area contributed by atoms with Crippen molar-refractivity contribution in [1.82, 2.24) is 15.8 Å². The Labute approximate surface area is 191 Å². The number of halogens is 5. The fourth-order valence-corrected chi connectivity index (χ4v) is 3.76. The number of carbonyl (C=O) groups is 2. The second-order valence-corrected chi connectivity index (χ2v) is 7.92. The summed E-state index contributed by atoms with van der Waals surface area (Å²) in [6, 6.07) is 5.32. The number of rotatable bonds is 4. The van der Waals surface area contributed by atoms with Crippen molar-refractivity contribution in [2.75, 3.05) is 25.1 Å². The van der Waals surface area contributed by atoms with Gasteiger partial charge in [-0.25, -0.2) is 4.98 Å². The highest BCUT2D eigenvalue weighted by atomic mass is 35.5. The molecule has 1 saturated heterocycles. The molecular weight excluding hydrogens is 472 g/mol. The normalized spacial score (nSPS) is 14.8. The van der Waals surface area contributed by atoms with Crippen LogP contribution in [0.4, 0.5) is 19.0 Å². The van der Waals surface area contributed by atoms with Crippen molar-refractivity contribution in [3.8, 4) is 5.75 Å². The number of hydrogen-bond donors (Lipinski definition) is 2. The number of nitrogens with zero attached hydrogens (tertiary/aromatic N) is 2. The third-order valence-corrected chi connectivity index (χ3v) is 5.54. The molecule has 1 aliphatic heterocycles. The van der Waals surface area contributed by atoms with E-state index in [0.717, 1.165) is 12.3 Å². The van der Waals surface area contributed by atoms with Crippen molar-refractivity contribution in [2.24, 2.45) is 5.92 Å². The Hall–Kier alpha value is -2.72. The molecule has 1 fully saturated rings. The molecule has 0 unspecified atom stereocenters. The molecule has 2 amide bonds.